The van der Waals surface area contributed by atoms with Crippen molar-refractivity contribution in [2.24, 2.45) is 17.8 Å². The maximum atomic E-state index is 4.58. The Labute approximate surface area is 167 Å². The maximum absolute atomic E-state index is 4.58. The molecular formula is C16H26W4-2. The summed E-state index contributed by atoms with van der Waals surface area (Å²) in [5, 5.41) is 0. The zero-order valence-electron chi connectivity index (χ0n) is 13.3. The Hall–Kier alpha value is 1.97. The van der Waals surface area contributed by atoms with Gasteiger partial charge in [-0.1, -0.05) is 51.0 Å². The van der Waals surface area contributed by atoms with Crippen molar-refractivity contribution in [1.82, 2.24) is 0 Å². The van der Waals surface area contributed by atoms with E-state index in [1.54, 1.807) is 43.6 Å². The minimum atomic E-state index is 0.671. The fraction of sp³-hybridized carbons (Fsp3) is 0.625. The van der Waals surface area contributed by atoms with Crippen LogP contribution < -0.4 is 0 Å². The summed E-state index contributed by atoms with van der Waals surface area (Å²) in [5.74, 6) is 2.12. The predicted molar refractivity (Wildman–Crippen MR) is 76.4 cm³/mol. The summed E-state index contributed by atoms with van der Waals surface area (Å²) in [6.45, 7) is 13.3. The van der Waals surface area contributed by atoms with E-state index < -0.39 is 0 Å². The molecule has 1 aliphatic rings. The average Bonchev–Trinajstić information content (AvgIpc) is 2.94. The second kappa shape index (κ2) is 19.0. The molecule has 0 spiro atoms. The van der Waals surface area contributed by atoms with Crippen LogP contribution in [0, 0.1) is 17.8 Å². The zero-order valence-corrected chi connectivity index (χ0v) is 25.0. The molecular weight excluding hydrogens is 928 g/mol. The Balaban J connectivity index is -0.000000272. The monoisotopic (exact) mass is 954 g/mol. The second-order valence-corrected chi connectivity index (χ2v) is 6.09. The Kier molecular flexibility index (Phi) is 25.5. The molecule has 0 aromatic carbocycles. The van der Waals surface area contributed by atoms with Crippen LogP contribution in [0.2, 0.25) is 0 Å². The van der Waals surface area contributed by atoms with Gasteiger partial charge < -0.3 is 0 Å². The molecule has 0 amide bonds. The molecule has 1 rings (SSSR count). The summed E-state index contributed by atoms with van der Waals surface area (Å²) in [7, 11) is 0. The van der Waals surface area contributed by atoms with Gasteiger partial charge in [-0.15, -0.1) is 0 Å². The van der Waals surface area contributed by atoms with Gasteiger partial charge in [0, 0.05) is 0 Å². The summed E-state index contributed by atoms with van der Waals surface area (Å²) in [6.07, 6.45) is 5.80. The fourth-order valence-electron chi connectivity index (χ4n) is 1.36. The van der Waals surface area contributed by atoms with Crippen molar-refractivity contribution >= 4 is 9.30 Å². The molecule has 0 heterocycles. The summed E-state index contributed by atoms with van der Waals surface area (Å²) in [5.41, 5.74) is 3.18. The molecule has 0 aromatic rings. The molecule has 0 unspecified atom stereocenters. The van der Waals surface area contributed by atoms with E-state index in [9.17, 15) is 0 Å². The molecule has 20 heavy (non-hydrogen) atoms. The normalized spacial score (nSPS) is 12.2. The Morgan fingerprint density at radius 3 is 1.25 bits per heavy atom. The third kappa shape index (κ3) is 16.3. The van der Waals surface area contributed by atoms with E-state index in [1.165, 1.54) is 25.8 Å². The van der Waals surface area contributed by atoms with Gasteiger partial charge in [0.25, 0.3) is 0 Å². The third-order valence-corrected chi connectivity index (χ3v) is 4.33. The SMILES string of the molecule is CC(C)C1=CC=C(C(C)C)C1.CC(C)[C-]=[W].[CH-]=[W].[W]=[W]. The van der Waals surface area contributed by atoms with Crippen LogP contribution in [0.4, 0.5) is 0 Å². The Morgan fingerprint density at radius 2 is 1.15 bits per heavy atom. The van der Waals surface area contributed by atoms with Gasteiger partial charge in [-0.3, -0.25) is 0 Å². The molecule has 0 aromatic heterocycles. The molecule has 0 fully saturated rings. The molecule has 4 heteroatoms. The van der Waals surface area contributed by atoms with Gasteiger partial charge >= 0.3 is 100 Å². The Morgan fingerprint density at radius 1 is 0.900 bits per heavy atom. The Bertz CT molecular complexity index is 278. The van der Waals surface area contributed by atoms with E-state index in [0.717, 1.165) is 31.2 Å². The predicted octanol–water partition coefficient (Wildman–Crippen LogP) is 4.26. The van der Waals surface area contributed by atoms with Gasteiger partial charge in [-0.2, -0.15) is 0 Å². The van der Waals surface area contributed by atoms with Crippen molar-refractivity contribution < 1.29 is 71.2 Å². The van der Waals surface area contributed by atoms with Crippen molar-refractivity contribution in [3.05, 3.63) is 23.3 Å². The van der Waals surface area contributed by atoms with Crippen LogP contribution >= 0.6 is 0 Å². The van der Waals surface area contributed by atoms with Crippen molar-refractivity contribution in [1.29, 1.82) is 0 Å². The summed E-state index contributed by atoms with van der Waals surface area (Å²) < 4.78 is 3.11. The van der Waals surface area contributed by atoms with E-state index in [-0.39, 0.29) is 0 Å². The first-order valence-electron chi connectivity index (χ1n) is 6.55. The molecule has 0 saturated heterocycles. The topological polar surface area (TPSA) is 0 Å². The first kappa shape index (κ1) is 26.8. The van der Waals surface area contributed by atoms with Gasteiger partial charge in [0.15, 0.2) is 0 Å². The molecule has 0 radical (unpaired) electrons. The molecule has 0 atom stereocenters. The molecule has 0 aliphatic heterocycles. The summed E-state index contributed by atoms with van der Waals surface area (Å²) in [4.78, 5) is 4.58. The van der Waals surface area contributed by atoms with Crippen LogP contribution in [-0.2, 0) is 71.2 Å². The molecule has 116 valence electrons. The van der Waals surface area contributed by atoms with E-state index in [4.69, 9.17) is 0 Å². The zero-order chi connectivity index (χ0) is 16.7. The van der Waals surface area contributed by atoms with E-state index in [2.05, 4.69) is 63.0 Å². The molecule has 0 bridgehead atoms. The molecule has 0 nitrogen and oxygen atoms in total. The number of allylic oxidation sites excluding steroid dienone is 4. The average molecular weight is 954 g/mol. The van der Waals surface area contributed by atoms with Crippen LogP contribution in [0.25, 0.3) is 0 Å². The second-order valence-electron chi connectivity index (χ2n) is 5.24. The molecule has 0 saturated carbocycles. The van der Waals surface area contributed by atoms with E-state index in [0.29, 0.717) is 5.92 Å². The summed E-state index contributed by atoms with van der Waals surface area (Å²) >= 11 is 5.87. The van der Waals surface area contributed by atoms with Crippen molar-refractivity contribution in [3.8, 4) is 0 Å². The van der Waals surface area contributed by atoms with Crippen molar-refractivity contribution in [3.63, 3.8) is 0 Å². The first-order chi connectivity index (χ1) is 9.38. The van der Waals surface area contributed by atoms with Gasteiger partial charge in [0.1, 0.15) is 0 Å². The first-order valence-corrected chi connectivity index (χ1v) is 20.7. The summed E-state index contributed by atoms with van der Waals surface area (Å²) in [6, 6.07) is 0. The van der Waals surface area contributed by atoms with Crippen molar-refractivity contribution in [2.75, 3.05) is 0 Å². The van der Waals surface area contributed by atoms with Crippen molar-refractivity contribution in [2.45, 2.75) is 48.0 Å². The van der Waals surface area contributed by atoms with Gasteiger partial charge in [0.2, 0.25) is 0 Å². The van der Waals surface area contributed by atoms with Gasteiger partial charge in [-0.25, -0.2) is 0 Å². The third-order valence-electron chi connectivity index (χ3n) is 2.64. The fourth-order valence-corrected chi connectivity index (χ4v) is 1.36. The van der Waals surface area contributed by atoms with Gasteiger partial charge in [-0.05, 0) is 18.3 Å². The van der Waals surface area contributed by atoms with Crippen LogP contribution in [-0.4, -0.2) is 9.30 Å². The number of rotatable bonds is 3. The van der Waals surface area contributed by atoms with E-state index >= 15 is 0 Å². The van der Waals surface area contributed by atoms with Crippen LogP contribution in [0.1, 0.15) is 48.0 Å². The molecule has 0 N–H and O–H groups in total. The van der Waals surface area contributed by atoms with Gasteiger partial charge in [0.05, 0.1) is 0 Å². The van der Waals surface area contributed by atoms with E-state index in [1.807, 2.05) is 0 Å². The van der Waals surface area contributed by atoms with Crippen LogP contribution in [0.15, 0.2) is 23.3 Å². The quantitative estimate of drug-likeness (QED) is 0.372. The van der Waals surface area contributed by atoms with Crippen LogP contribution in [0.3, 0.4) is 0 Å². The number of hydrogen-bond donors (Lipinski definition) is 0. The number of hydrogen-bond acceptors (Lipinski definition) is 0. The standard InChI is InChI=1S/C11H18.C4H7.CH.4W/c1-8(2)10-5-6-11(7-10)9(3)4;1-4(2)3;;;;;/h5-6,8-9H,7H2,1-4H3;4H,1-2H3;1H;;;;/q;2*-1;;;;. The van der Waals surface area contributed by atoms with Crippen LogP contribution in [0.5, 0.6) is 0 Å². The minimum absolute atomic E-state index is 0.671. The molecule has 1 aliphatic carbocycles.